The Morgan fingerprint density at radius 3 is 3.07 bits per heavy atom. The van der Waals surface area contributed by atoms with Crippen LogP contribution in [0, 0.1) is 0 Å². The van der Waals surface area contributed by atoms with Gasteiger partial charge in [-0.1, -0.05) is 6.07 Å². The fourth-order valence-corrected chi connectivity index (χ4v) is 2.30. The van der Waals surface area contributed by atoms with Gasteiger partial charge < -0.3 is 11.1 Å². The Morgan fingerprint density at radius 1 is 1.53 bits per heavy atom. The van der Waals surface area contributed by atoms with E-state index in [0.29, 0.717) is 5.75 Å². The lowest BCUT2D eigenvalue weighted by Crippen LogP contribution is -2.19. The zero-order chi connectivity index (χ0) is 10.8. The highest BCUT2D eigenvalue weighted by molar-refractivity contribution is 8.00. The summed E-state index contributed by atoms with van der Waals surface area (Å²) >= 11 is 1.47. The third-order valence-corrected chi connectivity index (χ3v) is 3.11. The maximum Gasteiger partial charge on any atom is 0.234 e. The lowest BCUT2D eigenvalue weighted by molar-refractivity contribution is -0.117. The van der Waals surface area contributed by atoms with Gasteiger partial charge in [0.15, 0.2) is 0 Å². The number of hydrogen-bond acceptors (Lipinski definition) is 3. The number of carbonyl (C=O) groups is 2. The molecule has 5 heteroatoms. The molecule has 0 saturated heterocycles. The predicted octanol–water partition coefficient (Wildman–Crippen LogP) is 0.759. The quantitative estimate of drug-likeness (QED) is 0.776. The average molecular weight is 222 g/mol. The van der Waals surface area contributed by atoms with Crippen molar-refractivity contribution in [3.8, 4) is 0 Å². The van der Waals surface area contributed by atoms with Crippen LogP contribution < -0.4 is 11.1 Å². The van der Waals surface area contributed by atoms with Crippen molar-refractivity contribution < 1.29 is 9.59 Å². The monoisotopic (exact) mass is 222 g/mol. The van der Waals surface area contributed by atoms with Crippen LogP contribution >= 0.6 is 11.8 Å². The Labute approximate surface area is 91.2 Å². The standard InChI is InChI=1S/C10H10N2O2S/c11-9(13)4-6-1-2-7-8(3-6)15-5-10(14)12-7/h1-3H,4-5H2,(H2,11,13)(H,12,14). The highest BCUT2D eigenvalue weighted by atomic mass is 32.2. The first-order valence-corrected chi connectivity index (χ1v) is 5.47. The summed E-state index contributed by atoms with van der Waals surface area (Å²) in [5.74, 6) is 0.0856. The van der Waals surface area contributed by atoms with Crippen LogP contribution in [0.5, 0.6) is 0 Å². The fourth-order valence-electron chi connectivity index (χ4n) is 1.43. The highest BCUT2D eigenvalue weighted by Gasteiger charge is 2.15. The molecular formula is C10H10N2O2S. The number of amides is 2. The Morgan fingerprint density at radius 2 is 2.33 bits per heavy atom. The van der Waals surface area contributed by atoms with E-state index in [4.69, 9.17) is 5.73 Å². The minimum atomic E-state index is -0.347. The van der Waals surface area contributed by atoms with Gasteiger partial charge in [-0.25, -0.2) is 0 Å². The Hall–Kier alpha value is -1.49. The van der Waals surface area contributed by atoms with Crippen LogP contribution in [0.2, 0.25) is 0 Å². The van der Waals surface area contributed by atoms with E-state index < -0.39 is 0 Å². The number of thioether (sulfide) groups is 1. The number of rotatable bonds is 2. The molecule has 3 N–H and O–H groups in total. The molecule has 0 bridgehead atoms. The number of fused-ring (bicyclic) bond motifs is 1. The van der Waals surface area contributed by atoms with Crippen LogP contribution in [0.15, 0.2) is 23.1 Å². The molecule has 4 nitrogen and oxygen atoms in total. The molecule has 1 aromatic carbocycles. The minimum Gasteiger partial charge on any atom is -0.369 e. The van der Waals surface area contributed by atoms with Gasteiger partial charge in [-0.05, 0) is 17.7 Å². The first-order chi connectivity index (χ1) is 7.15. The lowest BCUT2D eigenvalue weighted by atomic mass is 10.1. The molecule has 0 atom stereocenters. The van der Waals surface area contributed by atoms with Crippen LogP contribution in [0.25, 0.3) is 0 Å². The second-order valence-electron chi connectivity index (χ2n) is 3.31. The van der Waals surface area contributed by atoms with Crippen LogP contribution in [0.1, 0.15) is 5.56 Å². The smallest absolute Gasteiger partial charge is 0.234 e. The first kappa shape index (κ1) is 10.0. The minimum absolute atomic E-state index is 0.00940. The molecule has 78 valence electrons. The lowest BCUT2D eigenvalue weighted by Gasteiger charge is -2.16. The van der Waals surface area contributed by atoms with Crippen molar-refractivity contribution in [2.45, 2.75) is 11.3 Å². The summed E-state index contributed by atoms with van der Waals surface area (Å²) in [5.41, 5.74) is 6.80. The van der Waals surface area contributed by atoms with Crippen molar-refractivity contribution in [1.82, 2.24) is 0 Å². The number of carbonyl (C=O) groups excluding carboxylic acids is 2. The molecule has 15 heavy (non-hydrogen) atoms. The molecule has 2 amide bonds. The number of nitrogens with one attached hydrogen (secondary N) is 1. The summed E-state index contributed by atoms with van der Waals surface area (Å²) in [7, 11) is 0. The summed E-state index contributed by atoms with van der Waals surface area (Å²) in [6.45, 7) is 0. The molecule has 0 radical (unpaired) electrons. The van der Waals surface area contributed by atoms with Gasteiger partial charge in [-0.2, -0.15) is 0 Å². The van der Waals surface area contributed by atoms with Gasteiger partial charge in [0.2, 0.25) is 11.8 Å². The molecular weight excluding hydrogens is 212 g/mol. The van der Waals surface area contributed by atoms with Gasteiger partial charge in [0.25, 0.3) is 0 Å². The summed E-state index contributed by atoms with van der Waals surface area (Å²) in [6, 6.07) is 5.50. The average Bonchev–Trinajstić information content (AvgIpc) is 2.17. The number of hydrogen-bond donors (Lipinski definition) is 2. The Bertz CT molecular complexity index is 431. The summed E-state index contributed by atoms with van der Waals surface area (Å²) in [5, 5.41) is 2.76. The number of nitrogens with two attached hydrogens (primary N) is 1. The molecule has 0 aliphatic carbocycles. The number of anilines is 1. The van der Waals surface area contributed by atoms with E-state index in [9.17, 15) is 9.59 Å². The van der Waals surface area contributed by atoms with Crippen LogP contribution in [-0.4, -0.2) is 17.6 Å². The Balaban J connectivity index is 2.26. The van der Waals surface area contributed by atoms with E-state index in [-0.39, 0.29) is 18.2 Å². The van der Waals surface area contributed by atoms with Gasteiger partial charge in [0.05, 0.1) is 17.9 Å². The highest BCUT2D eigenvalue weighted by Crippen LogP contribution is 2.32. The molecule has 0 aromatic heterocycles. The molecule has 0 saturated carbocycles. The second kappa shape index (κ2) is 3.94. The second-order valence-corrected chi connectivity index (χ2v) is 4.33. The zero-order valence-corrected chi connectivity index (χ0v) is 8.76. The SMILES string of the molecule is NC(=O)Cc1ccc2c(c1)SCC(=O)N2. The van der Waals surface area contributed by atoms with Crippen LogP contribution in [0.3, 0.4) is 0 Å². The van der Waals surface area contributed by atoms with E-state index in [1.54, 1.807) is 12.1 Å². The van der Waals surface area contributed by atoms with Crippen molar-refractivity contribution in [1.29, 1.82) is 0 Å². The fraction of sp³-hybridized carbons (Fsp3) is 0.200. The molecule has 2 rings (SSSR count). The summed E-state index contributed by atoms with van der Waals surface area (Å²) < 4.78 is 0. The van der Waals surface area contributed by atoms with E-state index in [1.807, 2.05) is 6.07 Å². The molecule has 0 spiro atoms. The predicted molar refractivity (Wildman–Crippen MR) is 58.7 cm³/mol. The van der Waals surface area contributed by atoms with Crippen molar-refractivity contribution in [3.63, 3.8) is 0 Å². The van der Waals surface area contributed by atoms with Crippen LogP contribution in [-0.2, 0) is 16.0 Å². The third kappa shape index (κ3) is 2.30. The van der Waals surface area contributed by atoms with E-state index >= 15 is 0 Å². The largest absolute Gasteiger partial charge is 0.369 e. The van der Waals surface area contributed by atoms with E-state index in [1.165, 1.54) is 11.8 Å². The van der Waals surface area contributed by atoms with Crippen LogP contribution in [0.4, 0.5) is 5.69 Å². The van der Waals surface area contributed by atoms with Crippen molar-refractivity contribution in [3.05, 3.63) is 23.8 Å². The molecule has 1 aliphatic rings. The number of benzene rings is 1. The van der Waals surface area contributed by atoms with E-state index in [2.05, 4.69) is 5.32 Å². The molecule has 1 aliphatic heterocycles. The number of primary amides is 1. The van der Waals surface area contributed by atoms with Crippen molar-refractivity contribution >= 4 is 29.3 Å². The normalized spacial score (nSPS) is 14.3. The van der Waals surface area contributed by atoms with E-state index in [0.717, 1.165) is 16.1 Å². The maximum absolute atomic E-state index is 11.1. The molecule has 1 aromatic rings. The molecule has 1 heterocycles. The van der Waals surface area contributed by atoms with Crippen molar-refractivity contribution in [2.24, 2.45) is 5.73 Å². The van der Waals surface area contributed by atoms with Gasteiger partial charge in [-0.3, -0.25) is 9.59 Å². The van der Waals surface area contributed by atoms with Gasteiger partial charge in [0.1, 0.15) is 0 Å². The van der Waals surface area contributed by atoms with Gasteiger partial charge in [-0.15, -0.1) is 11.8 Å². The molecule has 0 fully saturated rings. The molecule has 0 unspecified atom stereocenters. The maximum atomic E-state index is 11.1. The van der Waals surface area contributed by atoms with Gasteiger partial charge in [0, 0.05) is 4.90 Å². The van der Waals surface area contributed by atoms with Gasteiger partial charge >= 0.3 is 0 Å². The zero-order valence-electron chi connectivity index (χ0n) is 7.95. The summed E-state index contributed by atoms with van der Waals surface area (Å²) in [4.78, 5) is 22.8. The first-order valence-electron chi connectivity index (χ1n) is 4.49. The topological polar surface area (TPSA) is 72.2 Å². The Kier molecular flexibility index (Phi) is 2.64. The summed E-state index contributed by atoms with van der Waals surface area (Å²) in [6.07, 6.45) is 0.238. The third-order valence-electron chi connectivity index (χ3n) is 2.06. The van der Waals surface area contributed by atoms with Crippen molar-refractivity contribution in [2.75, 3.05) is 11.1 Å².